The van der Waals surface area contributed by atoms with Crippen LogP contribution in [0.15, 0.2) is 30.3 Å². The number of hydrogen-bond acceptors (Lipinski definition) is 6. The van der Waals surface area contributed by atoms with Crippen molar-refractivity contribution in [1.82, 2.24) is 10.2 Å². The summed E-state index contributed by atoms with van der Waals surface area (Å²) in [7, 11) is -3.63. The summed E-state index contributed by atoms with van der Waals surface area (Å²) in [6, 6.07) is 9.40. The van der Waals surface area contributed by atoms with Gasteiger partial charge in [0, 0.05) is 5.69 Å². The van der Waals surface area contributed by atoms with Crippen LogP contribution >= 0.6 is 7.60 Å². The molecule has 126 valence electrons. The first kappa shape index (κ1) is 17.5. The average Bonchev–Trinajstić information content (AvgIpc) is 2.79. The molecule has 1 aromatic carbocycles. The highest BCUT2D eigenvalue weighted by atomic mass is 31.2. The number of nitrogens with zero attached hydrogens (tertiary/aromatic N) is 1. The number of hydrogen-bond donors (Lipinski definition) is 3. The second-order valence-corrected chi connectivity index (χ2v) is 7.50. The van der Waals surface area contributed by atoms with Crippen LogP contribution in [0.25, 0.3) is 0 Å². The van der Waals surface area contributed by atoms with Crippen LogP contribution in [0.1, 0.15) is 27.7 Å². The molecule has 1 heterocycles. The van der Waals surface area contributed by atoms with E-state index >= 15 is 0 Å². The van der Waals surface area contributed by atoms with Crippen molar-refractivity contribution in [3.8, 4) is 0 Å². The number of aromatic amines is 1. The summed E-state index contributed by atoms with van der Waals surface area (Å²) < 4.78 is 24.5. The smallest absolute Gasteiger partial charge is 0.369 e. The molecule has 23 heavy (non-hydrogen) atoms. The molecule has 0 fully saturated rings. The third-order valence-electron chi connectivity index (χ3n) is 2.78. The van der Waals surface area contributed by atoms with Crippen LogP contribution in [0.4, 0.5) is 17.3 Å². The number of nitrogens with one attached hydrogen (secondary N) is 2. The molecule has 0 bridgehead atoms. The van der Waals surface area contributed by atoms with E-state index in [4.69, 9.17) is 14.8 Å². The van der Waals surface area contributed by atoms with Crippen molar-refractivity contribution < 1.29 is 13.6 Å². The largest absolute Gasteiger partial charge is 0.383 e. The Morgan fingerprint density at radius 1 is 1.13 bits per heavy atom. The maximum atomic E-state index is 13.3. The van der Waals surface area contributed by atoms with E-state index in [9.17, 15) is 4.57 Å². The van der Waals surface area contributed by atoms with Gasteiger partial charge in [-0.2, -0.15) is 5.10 Å². The van der Waals surface area contributed by atoms with Gasteiger partial charge in [-0.05, 0) is 39.8 Å². The first-order valence-electron chi connectivity index (χ1n) is 7.45. The highest BCUT2D eigenvalue weighted by Gasteiger charge is 2.37. The van der Waals surface area contributed by atoms with Gasteiger partial charge in [0.2, 0.25) is 0 Å². The van der Waals surface area contributed by atoms with E-state index in [1.807, 2.05) is 30.3 Å². The maximum absolute atomic E-state index is 13.3. The monoisotopic (exact) mass is 338 g/mol. The summed E-state index contributed by atoms with van der Waals surface area (Å²) in [5.41, 5.74) is 6.73. The topological polar surface area (TPSA) is 102 Å². The van der Waals surface area contributed by atoms with Gasteiger partial charge in [0.15, 0.2) is 5.82 Å². The summed E-state index contributed by atoms with van der Waals surface area (Å²) in [4.78, 5) is 0. The minimum Gasteiger partial charge on any atom is -0.383 e. The lowest BCUT2D eigenvalue weighted by molar-refractivity contribution is 0.150. The first-order chi connectivity index (χ1) is 10.8. The molecule has 2 rings (SSSR count). The van der Waals surface area contributed by atoms with Crippen molar-refractivity contribution in [1.29, 1.82) is 0 Å². The molecule has 0 aliphatic rings. The summed E-state index contributed by atoms with van der Waals surface area (Å²) >= 11 is 0. The number of H-pyrrole nitrogens is 1. The Balaban J connectivity index is 2.43. The zero-order valence-corrected chi connectivity index (χ0v) is 14.6. The van der Waals surface area contributed by atoms with E-state index in [0.29, 0.717) is 5.82 Å². The van der Waals surface area contributed by atoms with Gasteiger partial charge in [0.25, 0.3) is 0 Å². The lowest BCUT2D eigenvalue weighted by Crippen LogP contribution is -2.20. The molecule has 1 aromatic heterocycles. The number of nitrogen functional groups attached to an aromatic ring is 1. The third kappa shape index (κ3) is 4.34. The van der Waals surface area contributed by atoms with Crippen LogP contribution in [0, 0.1) is 0 Å². The van der Waals surface area contributed by atoms with Crippen molar-refractivity contribution in [2.45, 2.75) is 39.9 Å². The fraction of sp³-hybridized carbons (Fsp3) is 0.400. The Morgan fingerprint density at radius 2 is 1.70 bits per heavy atom. The van der Waals surface area contributed by atoms with Crippen LogP contribution in [0.2, 0.25) is 0 Å². The number of nitrogens with two attached hydrogens (primary N) is 1. The fourth-order valence-corrected chi connectivity index (χ4v) is 4.14. The number of benzene rings is 1. The van der Waals surface area contributed by atoms with Crippen molar-refractivity contribution >= 4 is 30.2 Å². The van der Waals surface area contributed by atoms with Crippen LogP contribution in [0.3, 0.4) is 0 Å². The number of rotatable bonds is 7. The average molecular weight is 338 g/mol. The van der Waals surface area contributed by atoms with Crippen molar-refractivity contribution in [3.63, 3.8) is 0 Å². The molecule has 8 heteroatoms. The molecule has 0 spiro atoms. The molecule has 0 saturated heterocycles. The van der Waals surface area contributed by atoms with Gasteiger partial charge in [-0.3, -0.25) is 9.66 Å². The Kier molecular flexibility index (Phi) is 5.46. The predicted octanol–water partition coefficient (Wildman–Crippen LogP) is 3.40. The van der Waals surface area contributed by atoms with Gasteiger partial charge >= 0.3 is 7.60 Å². The zero-order valence-electron chi connectivity index (χ0n) is 13.7. The van der Waals surface area contributed by atoms with Crippen molar-refractivity contribution in [2.75, 3.05) is 11.1 Å². The van der Waals surface area contributed by atoms with E-state index in [1.54, 1.807) is 27.7 Å². The van der Waals surface area contributed by atoms with Crippen LogP contribution in [0.5, 0.6) is 0 Å². The predicted molar refractivity (Wildman–Crippen MR) is 92.4 cm³/mol. The highest BCUT2D eigenvalue weighted by Crippen LogP contribution is 2.52. The van der Waals surface area contributed by atoms with Gasteiger partial charge in [-0.25, -0.2) is 0 Å². The van der Waals surface area contributed by atoms with Crippen molar-refractivity contribution in [3.05, 3.63) is 30.3 Å². The first-order valence-corrected chi connectivity index (χ1v) is 8.99. The van der Waals surface area contributed by atoms with E-state index in [2.05, 4.69) is 15.5 Å². The van der Waals surface area contributed by atoms with Gasteiger partial charge in [0.1, 0.15) is 11.1 Å². The fourth-order valence-electron chi connectivity index (χ4n) is 2.06. The molecule has 7 nitrogen and oxygen atoms in total. The Hall–Kier alpha value is -1.82. The Bertz CT molecular complexity index is 671. The van der Waals surface area contributed by atoms with Gasteiger partial charge in [-0.15, -0.1) is 0 Å². The summed E-state index contributed by atoms with van der Waals surface area (Å²) in [6.45, 7) is 7.15. The van der Waals surface area contributed by atoms with E-state index in [1.165, 1.54) is 0 Å². The summed E-state index contributed by atoms with van der Waals surface area (Å²) in [5, 5.41) is 10.1. The molecular formula is C15H23N4O3P. The van der Waals surface area contributed by atoms with E-state index < -0.39 is 7.60 Å². The normalized spacial score (nSPS) is 12.1. The molecule has 0 radical (unpaired) electrons. The second-order valence-electron chi connectivity index (χ2n) is 5.63. The van der Waals surface area contributed by atoms with Crippen LogP contribution < -0.4 is 16.4 Å². The molecule has 0 unspecified atom stereocenters. The summed E-state index contributed by atoms with van der Waals surface area (Å²) in [5.74, 6) is 0.492. The molecular weight excluding hydrogens is 315 g/mol. The lowest BCUT2D eigenvalue weighted by Gasteiger charge is -2.23. The number of aromatic nitrogens is 2. The molecule has 2 aromatic rings. The Morgan fingerprint density at radius 3 is 2.22 bits per heavy atom. The molecule has 0 amide bonds. The quantitative estimate of drug-likeness (QED) is 0.669. The molecule has 0 aliphatic heterocycles. The van der Waals surface area contributed by atoms with Gasteiger partial charge in [-0.1, -0.05) is 18.2 Å². The van der Waals surface area contributed by atoms with Gasteiger partial charge in [0.05, 0.1) is 12.2 Å². The lowest BCUT2D eigenvalue weighted by atomic mass is 10.3. The Labute approximate surface area is 136 Å². The number of para-hydroxylation sites is 1. The van der Waals surface area contributed by atoms with Gasteiger partial charge < -0.3 is 20.1 Å². The third-order valence-corrected chi connectivity index (χ3v) is 5.18. The van der Waals surface area contributed by atoms with Crippen LogP contribution in [-0.2, 0) is 13.6 Å². The van der Waals surface area contributed by atoms with Crippen LogP contribution in [-0.4, -0.2) is 22.4 Å². The highest BCUT2D eigenvalue weighted by molar-refractivity contribution is 7.63. The number of anilines is 3. The maximum Gasteiger partial charge on any atom is 0.369 e. The molecule has 0 aliphatic carbocycles. The summed E-state index contributed by atoms with van der Waals surface area (Å²) in [6.07, 6.45) is -0.586. The van der Waals surface area contributed by atoms with E-state index in [-0.39, 0.29) is 23.3 Å². The minimum absolute atomic E-state index is 0.160. The zero-order chi connectivity index (χ0) is 17.0. The molecule has 4 N–H and O–H groups in total. The molecule has 0 saturated carbocycles. The van der Waals surface area contributed by atoms with E-state index in [0.717, 1.165) is 5.69 Å². The molecule has 0 atom stereocenters. The van der Waals surface area contributed by atoms with Crippen molar-refractivity contribution in [2.24, 2.45) is 0 Å². The SMILES string of the molecule is CC(C)OP(=O)(OC(C)C)c1c(Nc2ccccc2)n[nH]c1N. The standard InChI is InChI=1S/C15H23N4O3P/c1-10(2)21-23(20,22-11(3)4)13-14(16)18-19-15(13)17-12-8-6-5-7-9-12/h5-11H,1-4H3,(H4,16,17,18,19). The minimum atomic E-state index is -3.63. The second kappa shape index (κ2) is 7.17.